The highest BCUT2D eigenvalue weighted by Crippen LogP contribution is 2.32. The summed E-state index contributed by atoms with van der Waals surface area (Å²) in [6.07, 6.45) is -0.396. The maximum Gasteiger partial charge on any atom is 0.410 e. The summed E-state index contributed by atoms with van der Waals surface area (Å²) in [6, 6.07) is 18.6. The number of ether oxygens (including phenoxy) is 1. The summed E-state index contributed by atoms with van der Waals surface area (Å²) in [6.45, 7) is 1.03. The number of carbonyl (C=O) groups is 2. The van der Waals surface area contributed by atoms with Gasteiger partial charge in [-0.1, -0.05) is 60.7 Å². The lowest BCUT2D eigenvalue weighted by molar-refractivity contribution is -0.141. The Morgan fingerprint density at radius 2 is 1.62 bits per heavy atom. The molecule has 5 heteroatoms. The van der Waals surface area contributed by atoms with Crippen molar-refractivity contribution in [1.29, 1.82) is 0 Å². The molecular formula is C19H19NO4. The van der Waals surface area contributed by atoms with Crippen LogP contribution in [0.4, 0.5) is 4.79 Å². The third kappa shape index (κ3) is 3.56. The van der Waals surface area contributed by atoms with E-state index < -0.39 is 18.0 Å². The number of aliphatic carboxylic acids is 1. The van der Waals surface area contributed by atoms with Crippen LogP contribution in [0.1, 0.15) is 17.0 Å². The highest BCUT2D eigenvalue weighted by Gasteiger charge is 2.41. The zero-order valence-corrected chi connectivity index (χ0v) is 13.2. The topological polar surface area (TPSA) is 66.8 Å². The minimum absolute atomic E-state index is 0.0887. The molecule has 1 heterocycles. The molecule has 5 nitrogen and oxygen atoms in total. The molecule has 3 rings (SSSR count). The van der Waals surface area contributed by atoms with Gasteiger partial charge in [0.2, 0.25) is 0 Å². The van der Waals surface area contributed by atoms with Crippen molar-refractivity contribution in [2.75, 3.05) is 13.1 Å². The van der Waals surface area contributed by atoms with Crippen LogP contribution in [0.15, 0.2) is 60.7 Å². The number of likely N-dealkylation sites (tertiary alicyclic amines) is 1. The van der Waals surface area contributed by atoms with Gasteiger partial charge >= 0.3 is 12.1 Å². The van der Waals surface area contributed by atoms with Crippen molar-refractivity contribution in [2.45, 2.75) is 12.5 Å². The molecule has 24 heavy (non-hydrogen) atoms. The third-order valence-electron chi connectivity index (χ3n) is 4.27. The quantitative estimate of drug-likeness (QED) is 0.917. The van der Waals surface area contributed by atoms with Gasteiger partial charge in [0.05, 0.1) is 5.92 Å². The van der Waals surface area contributed by atoms with Crippen LogP contribution in [-0.2, 0) is 16.1 Å². The number of carboxylic acid groups (broad SMARTS) is 1. The van der Waals surface area contributed by atoms with E-state index in [0.717, 1.165) is 11.1 Å². The molecule has 2 aromatic rings. The van der Waals surface area contributed by atoms with Crippen LogP contribution in [0.25, 0.3) is 0 Å². The number of benzene rings is 2. The van der Waals surface area contributed by atoms with Crippen LogP contribution in [-0.4, -0.2) is 35.2 Å². The minimum Gasteiger partial charge on any atom is -0.481 e. The molecule has 0 aromatic heterocycles. The van der Waals surface area contributed by atoms with Crippen LogP contribution in [0.5, 0.6) is 0 Å². The molecule has 0 radical (unpaired) electrons. The van der Waals surface area contributed by atoms with E-state index in [1.807, 2.05) is 60.7 Å². The number of amides is 1. The molecule has 124 valence electrons. The van der Waals surface area contributed by atoms with Crippen LogP contribution >= 0.6 is 0 Å². The second-order valence-electron chi connectivity index (χ2n) is 5.93. The minimum atomic E-state index is -0.858. The Balaban J connectivity index is 1.54. The first-order valence-corrected chi connectivity index (χ1v) is 7.88. The van der Waals surface area contributed by atoms with Gasteiger partial charge < -0.3 is 14.7 Å². The maximum absolute atomic E-state index is 12.0. The fourth-order valence-electron chi connectivity index (χ4n) is 2.96. The van der Waals surface area contributed by atoms with E-state index in [9.17, 15) is 14.7 Å². The van der Waals surface area contributed by atoms with Gasteiger partial charge in [0.25, 0.3) is 0 Å². The standard InChI is InChI=1S/C19H19NO4/c21-18(22)17(15-9-5-2-6-10-15)16-11-20(12-16)19(23)24-13-14-7-3-1-4-8-14/h1-10,16-17H,11-13H2,(H,21,22). The van der Waals surface area contributed by atoms with Crippen molar-refractivity contribution >= 4 is 12.1 Å². The lowest BCUT2D eigenvalue weighted by Gasteiger charge is -2.41. The number of rotatable bonds is 5. The normalized spacial score (nSPS) is 15.4. The van der Waals surface area contributed by atoms with E-state index in [2.05, 4.69) is 0 Å². The van der Waals surface area contributed by atoms with Crippen molar-refractivity contribution in [1.82, 2.24) is 4.90 Å². The van der Waals surface area contributed by atoms with Gasteiger partial charge in [0.15, 0.2) is 0 Å². The summed E-state index contributed by atoms with van der Waals surface area (Å²) in [7, 11) is 0. The molecule has 1 N–H and O–H groups in total. The molecule has 0 saturated carbocycles. The van der Waals surface area contributed by atoms with E-state index in [4.69, 9.17) is 4.74 Å². The van der Waals surface area contributed by atoms with Crippen molar-refractivity contribution in [2.24, 2.45) is 5.92 Å². The van der Waals surface area contributed by atoms with Gasteiger partial charge in [-0.05, 0) is 11.1 Å². The van der Waals surface area contributed by atoms with Crippen LogP contribution < -0.4 is 0 Å². The molecule has 1 aliphatic rings. The van der Waals surface area contributed by atoms with Gasteiger partial charge in [-0.3, -0.25) is 4.79 Å². The summed E-state index contributed by atoms with van der Waals surface area (Å²) in [5, 5.41) is 9.50. The van der Waals surface area contributed by atoms with Crippen molar-refractivity contribution in [3.8, 4) is 0 Å². The Hall–Kier alpha value is -2.82. The average molecular weight is 325 g/mol. The molecular weight excluding hydrogens is 306 g/mol. The Morgan fingerprint density at radius 3 is 2.21 bits per heavy atom. The molecule has 1 aliphatic heterocycles. The maximum atomic E-state index is 12.0. The summed E-state index contributed by atoms with van der Waals surface area (Å²) >= 11 is 0. The van der Waals surface area contributed by atoms with E-state index in [1.54, 1.807) is 4.90 Å². The molecule has 1 unspecified atom stereocenters. The van der Waals surface area contributed by atoms with Crippen LogP contribution in [0.3, 0.4) is 0 Å². The highest BCUT2D eigenvalue weighted by atomic mass is 16.6. The Morgan fingerprint density at radius 1 is 1.04 bits per heavy atom. The number of nitrogens with zero attached hydrogens (tertiary/aromatic N) is 1. The summed E-state index contributed by atoms with van der Waals surface area (Å²) in [5.41, 5.74) is 1.70. The number of carbonyl (C=O) groups excluding carboxylic acids is 1. The lowest BCUT2D eigenvalue weighted by Crippen LogP contribution is -2.53. The molecule has 1 atom stereocenters. The predicted octanol–water partition coefficient (Wildman–Crippen LogP) is 3.12. The Labute approximate surface area is 140 Å². The van der Waals surface area contributed by atoms with Crippen molar-refractivity contribution in [3.63, 3.8) is 0 Å². The SMILES string of the molecule is O=C(O)C(c1ccccc1)C1CN(C(=O)OCc2ccccc2)C1. The van der Waals surface area contributed by atoms with Crippen molar-refractivity contribution in [3.05, 3.63) is 71.8 Å². The third-order valence-corrected chi connectivity index (χ3v) is 4.27. The second-order valence-corrected chi connectivity index (χ2v) is 5.93. The smallest absolute Gasteiger partial charge is 0.410 e. The van der Waals surface area contributed by atoms with E-state index in [1.165, 1.54) is 0 Å². The molecule has 0 spiro atoms. The van der Waals surface area contributed by atoms with Gasteiger partial charge in [-0.15, -0.1) is 0 Å². The lowest BCUT2D eigenvalue weighted by atomic mass is 9.81. The van der Waals surface area contributed by atoms with Crippen molar-refractivity contribution < 1.29 is 19.4 Å². The zero-order valence-electron chi connectivity index (χ0n) is 13.2. The predicted molar refractivity (Wildman–Crippen MR) is 88.5 cm³/mol. The van der Waals surface area contributed by atoms with E-state index in [-0.39, 0.29) is 12.5 Å². The largest absolute Gasteiger partial charge is 0.481 e. The summed E-state index contributed by atoms with van der Waals surface area (Å²) < 4.78 is 5.27. The van der Waals surface area contributed by atoms with Gasteiger partial charge in [0.1, 0.15) is 6.61 Å². The van der Waals surface area contributed by atoms with Crippen LogP contribution in [0.2, 0.25) is 0 Å². The van der Waals surface area contributed by atoms with E-state index in [0.29, 0.717) is 13.1 Å². The number of hydrogen-bond acceptors (Lipinski definition) is 3. The second kappa shape index (κ2) is 7.17. The molecule has 1 fully saturated rings. The van der Waals surface area contributed by atoms with Gasteiger partial charge in [-0.2, -0.15) is 0 Å². The van der Waals surface area contributed by atoms with Gasteiger partial charge in [0, 0.05) is 19.0 Å². The number of carboxylic acids is 1. The monoisotopic (exact) mass is 325 g/mol. The summed E-state index contributed by atoms with van der Waals surface area (Å²) in [4.78, 5) is 25.2. The molecule has 1 saturated heterocycles. The molecule has 2 aromatic carbocycles. The molecule has 0 bridgehead atoms. The summed E-state index contributed by atoms with van der Waals surface area (Å²) in [5.74, 6) is -1.54. The fourth-order valence-corrected chi connectivity index (χ4v) is 2.96. The Bertz CT molecular complexity index is 696. The van der Waals surface area contributed by atoms with Gasteiger partial charge in [-0.25, -0.2) is 4.79 Å². The Kier molecular flexibility index (Phi) is 4.79. The molecule has 1 amide bonds. The first-order chi connectivity index (χ1) is 11.6. The average Bonchev–Trinajstić information content (AvgIpc) is 2.57. The van der Waals surface area contributed by atoms with Crippen LogP contribution in [0, 0.1) is 5.92 Å². The fraction of sp³-hybridized carbons (Fsp3) is 0.263. The first kappa shape index (κ1) is 16.1. The molecule has 0 aliphatic carbocycles. The highest BCUT2D eigenvalue weighted by molar-refractivity contribution is 5.77. The first-order valence-electron chi connectivity index (χ1n) is 7.88. The zero-order chi connectivity index (χ0) is 16.9. The van der Waals surface area contributed by atoms with E-state index >= 15 is 0 Å². The number of hydrogen-bond donors (Lipinski definition) is 1.